The van der Waals surface area contributed by atoms with Gasteiger partial charge in [-0.25, -0.2) is 0 Å². The van der Waals surface area contributed by atoms with Crippen LogP contribution in [0.5, 0.6) is 0 Å². The van der Waals surface area contributed by atoms with Crippen LogP contribution < -0.4 is 5.73 Å². The lowest BCUT2D eigenvalue weighted by Gasteiger charge is -2.08. The van der Waals surface area contributed by atoms with Gasteiger partial charge in [0.05, 0.1) is 0 Å². The zero-order chi connectivity index (χ0) is 9.26. The minimum Gasteiger partial charge on any atom is -0.330 e. The summed E-state index contributed by atoms with van der Waals surface area (Å²) in [6.45, 7) is 2.90. The third kappa shape index (κ3) is 1.40. The SMILES string of the molecule is CCc1ccc2c(c1)C=CC2CN. The fourth-order valence-electron chi connectivity index (χ4n) is 1.86. The van der Waals surface area contributed by atoms with Crippen LogP contribution in [0.25, 0.3) is 6.08 Å². The van der Waals surface area contributed by atoms with Crippen LogP contribution in [0.1, 0.15) is 29.5 Å². The van der Waals surface area contributed by atoms with Crippen molar-refractivity contribution < 1.29 is 0 Å². The standard InChI is InChI=1S/C12H15N/c1-2-9-3-6-12-10(7-9)4-5-11(12)8-13/h3-7,11H,2,8,13H2,1H3. The highest BCUT2D eigenvalue weighted by Crippen LogP contribution is 2.29. The molecule has 2 N–H and O–H groups in total. The van der Waals surface area contributed by atoms with Crippen LogP contribution >= 0.6 is 0 Å². The molecule has 13 heavy (non-hydrogen) atoms. The number of fused-ring (bicyclic) bond motifs is 1. The lowest BCUT2D eigenvalue weighted by Crippen LogP contribution is -2.08. The van der Waals surface area contributed by atoms with Crippen molar-refractivity contribution in [3.63, 3.8) is 0 Å². The van der Waals surface area contributed by atoms with Crippen molar-refractivity contribution in [2.75, 3.05) is 6.54 Å². The first-order valence-electron chi connectivity index (χ1n) is 4.86. The summed E-state index contributed by atoms with van der Waals surface area (Å²) in [6, 6.07) is 6.68. The molecule has 0 saturated carbocycles. The van der Waals surface area contributed by atoms with Gasteiger partial charge in [0.25, 0.3) is 0 Å². The van der Waals surface area contributed by atoms with Crippen LogP contribution in [0, 0.1) is 0 Å². The Morgan fingerprint density at radius 1 is 1.38 bits per heavy atom. The minimum atomic E-state index is 0.445. The molecule has 1 aliphatic rings. The van der Waals surface area contributed by atoms with E-state index >= 15 is 0 Å². The Balaban J connectivity index is 2.40. The molecule has 2 rings (SSSR count). The van der Waals surface area contributed by atoms with Crippen molar-refractivity contribution >= 4 is 6.08 Å². The fraction of sp³-hybridized carbons (Fsp3) is 0.333. The zero-order valence-electron chi connectivity index (χ0n) is 7.96. The smallest absolute Gasteiger partial charge is 0.0150 e. The molecule has 0 aromatic heterocycles. The normalized spacial score (nSPS) is 19.1. The number of nitrogens with two attached hydrogens (primary N) is 1. The molecule has 0 amide bonds. The lowest BCUT2D eigenvalue weighted by atomic mass is 9.98. The molecule has 0 fully saturated rings. The third-order valence-corrected chi connectivity index (χ3v) is 2.72. The topological polar surface area (TPSA) is 26.0 Å². The Morgan fingerprint density at radius 2 is 2.23 bits per heavy atom. The first-order valence-corrected chi connectivity index (χ1v) is 4.86. The summed E-state index contributed by atoms with van der Waals surface area (Å²) in [5.74, 6) is 0.445. The molecular formula is C12H15N. The monoisotopic (exact) mass is 173 g/mol. The Hall–Kier alpha value is -1.08. The Bertz CT molecular complexity index is 339. The van der Waals surface area contributed by atoms with Gasteiger partial charge in [-0.1, -0.05) is 37.3 Å². The predicted octanol–water partition coefficient (Wildman–Crippen LogP) is 2.32. The molecule has 0 bridgehead atoms. The van der Waals surface area contributed by atoms with E-state index < -0.39 is 0 Å². The number of benzene rings is 1. The van der Waals surface area contributed by atoms with E-state index in [4.69, 9.17) is 5.73 Å². The van der Waals surface area contributed by atoms with E-state index in [-0.39, 0.29) is 0 Å². The van der Waals surface area contributed by atoms with Gasteiger partial charge in [-0.05, 0) is 23.1 Å². The largest absolute Gasteiger partial charge is 0.330 e. The van der Waals surface area contributed by atoms with E-state index in [9.17, 15) is 0 Å². The zero-order valence-corrected chi connectivity index (χ0v) is 7.96. The van der Waals surface area contributed by atoms with Gasteiger partial charge in [-0.15, -0.1) is 0 Å². The van der Waals surface area contributed by atoms with E-state index in [2.05, 4.69) is 37.3 Å². The van der Waals surface area contributed by atoms with Gasteiger partial charge in [0, 0.05) is 12.5 Å². The van der Waals surface area contributed by atoms with Crippen LogP contribution in [0.4, 0.5) is 0 Å². The van der Waals surface area contributed by atoms with Gasteiger partial charge in [0.1, 0.15) is 0 Å². The van der Waals surface area contributed by atoms with Gasteiger partial charge >= 0.3 is 0 Å². The molecule has 1 heteroatoms. The number of hydrogen-bond acceptors (Lipinski definition) is 1. The Labute approximate surface area is 79.3 Å². The van der Waals surface area contributed by atoms with E-state index in [1.54, 1.807) is 0 Å². The highest BCUT2D eigenvalue weighted by molar-refractivity contribution is 5.63. The number of aryl methyl sites for hydroxylation is 1. The highest BCUT2D eigenvalue weighted by Gasteiger charge is 2.15. The molecule has 1 nitrogen and oxygen atoms in total. The average molecular weight is 173 g/mol. The van der Waals surface area contributed by atoms with Crippen molar-refractivity contribution in [1.82, 2.24) is 0 Å². The van der Waals surface area contributed by atoms with E-state index in [0.29, 0.717) is 5.92 Å². The fourth-order valence-corrected chi connectivity index (χ4v) is 1.86. The molecule has 1 aliphatic carbocycles. The van der Waals surface area contributed by atoms with Crippen molar-refractivity contribution in [3.8, 4) is 0 Å². The summed E-state index contributed by atoms with van der Waals surface area (Å²) in [5.41, 5.74) is 9.82. The van der Waals surface area contributed by atoms with Gasteiger partial charge in [0.15, 0.2) is 0 Å². The molecule has 0 radical (unpaired) electrons. The number of rotatable bonds is 2. The lowest BCUT2D eigenvalue weighted by molar-refractivity contribution is 0.862. The molecule has 1 aromatic carbocycles. The van der Waals surface area contributed by atoms with E-state index in [1.807, 2.05) is 0 Å². The minimum absolute atomic E-state index is 0.445. The van der Waals surface area contributed by atoms with Crippen LogP contribution in [0.15, 0.2) is 24.3 Å². The molecule has 0 saturated heterocycles. The van der Waals surface area contributed by atoms with Crippen LogP contribution in [-0.4, -0.2) is 6.54 Å². The first-order chi connectivity index (χ1) is 6.35. The maximum Gasteiger partial charge on any atom is 0.0150 e. The van der Waals surface area contributed by atoms with Gasteiger partial charge in [-0.3, -0.25) is 0 Å². The van der Waals surface area contributed by atoms with Gasteiger partial charge in [0.2, 0.25) is 0 Å². The molecule has 0 spiro atoms. The maximum absolute atomic E-state index is 5.67. The second-order valence-electron chi connectivity index (χ2n) is 3.52. The first kappa shape index (κ1) is 8.52. The average Bonchev–Trinajstić information content (AvgIpc) is 2.59. The molecule has 0 aliphatic heterocycles. The summed E-state index contributed by atoms with van der Waals surface area (Å²) < 4.78 is 0. The second kappa shape index (κ2) is 3.35. The summed E-state index contributed by atoms with van der Waals surface area (Å²) >= 11 is 0. The van der Waals surface area contributed by atoms with Crippen LogP contribution in [0.3, 0.4) is 0 Å². The summed E-state index contributed by atoms with van der Waals surface area (Å²) in [7, 11) is 0. The molecular weight excluding hydrogens is 158 g/mol. The van der Waals surface area contributed by atoms with Gasteiger partial charge in [-0.2, -0.15) is 0 Å². The predicted molar refractivity (Wildman–Crippen MR) is 56.6 cm³/mol. The summed E-state index contributed by atoms with van der Waals surface area (Å²) in [6.07, 6.45) is 5.49. The summed E-state index contributed by atoms with van der Waals surface area (Å²) in [4.78, 5) is 0. The maximum atomic E-state index is 5.67. The Kier molecular flexibility index (Phi) is 2.19. The van der Waals surface area contributed by atoms with Crippen molar-refractivity contribution in [3.05, 3.63) is 41.0 Å². The second-order valence-corrected chi connectivity index (χ2v) is 3.52. The molecule has 68 valence electrons. The highest BCUT2D eigenvalue weighted by atomic mass is 14.5. The van der Waals surface area contributed by atoms with Crippen molar-refractivity contribution in [2.45, 2.75) is 19.3 Å². The molecule has 0 heterocycles. The molecule has 1 aromatic rings. The third-order valence-electron chi connectivity index (χ3n) is 2.72. The van der Waals surface area contributed by atoms with E-state index in [0.717, 1.165) is 13.0 Å². The van der Waals surface area contributed by atoms with E-state index in [1.165, 1.54) is 16.7 Å². The quantitative estimate of drug-likeness (QED) is 0.729. The van der Waals surface area contributed by atoms with Gasteiger partial charge < -0.3 is 5.73 Å². The van der Waals surface area contributed by atoms with Crippen LogP contribution in [0.2, 0.25) is 0 Å². The van der Waals surface area contributed by atoms with Crippen molar-refractivity contribution in [2.24, 2.45) is 5.73 Å². The number of hydrogen-bond donors (Lipinski definition) is 1. The van der Waals surface area contributed by atoms with Crippen molar-refractivity contribution in [1.29, 1.82) is 0 Å². The molecule has 1 atom stereocenters. The van der Waals surface area contributed by atoms with Crippen LogP contribution in [-0.2, 0) is 6.42 Å². The Morgan fingerprint density at radius 3 is 2.92 bits per heavy atom. The summed E-state index contributed by atoms with van der Waals surface area (Å²) in [5, 5.41) is 0. The molecule has 1 unspecified atom stereocenters.